The third-order valence-corrected chi connectivity index (χ3v) is 3.65. The highest BCUT2D eigenvalue weighted by molar-refractivity contribution is 5.33. The fraction of sp³-hybridized carbons (Fsp3) is 0.786. The van der Waals surface area contributed by atoms with E-state index in [1.165, 1.54) is 32.4 Å². The molecule has 0 saturated carbocycles. The Labute approximate surface area is 110 Å². The molecule has 1 fully saturated rings. The summed E-state index contributed by atoms with van der Waals surface area (Å²) < 4.78 is 2.05. The van der Waals surface area contributed by atoms with Gasteiger partial charge in [0.1, 0.15) is 5.82 Å². The first-order valence-corrected chi connectivity index (χ1v) is 7.12. The highest BCUT2D eigenvalue weighted by Gasteiger charge is 2.16. The minimum absolute atomic E-state index is 0.592. The summed E-state index contributed by atoms with van der Waals surface area (Å²) >= 11 is 0. The van der Waals surface area contributed by atoms with E-state index in [0.29, 0.717) is 6.04 Å². The molecule has 0 aliphatic carbocycles. The molecular formula is C14H26N4. The van der Waals surface area contributed by atoms with E-state index in [1.807, 2.05) is 0 Å². The number of piperidine rings is 1. The maximum absolute atomic E-state index is 4.59. The average molecular weight is 250 g/mol. The number of nitrogens with zero attached hydrogens (tertiary/aromatic N) is 3. The van der Waals surface area contributed by atoms with Crippen LogP contribution in [0.25, 0.3) is 0 Å². The monoisotopic (exact) mass is 250 g/mol. The van der Waals surface area contributed by atoms with Crippen LogP contribution in [0.15, 0.2) is 12.3 Å². The smallest absolute Gasteiger partial charge is 0.148 e. The van der Waals surface area contributed by atoms with E-state index < -0.39 is 0 Å². The standard InChI is InChI=1S/C14H26N4/c1-12(2)4-10-18-11-7-14(16-18)15-13-5-8-17(3)9-6-13/h7,11-13H,4-6,8-10H2,1-3H3,(H,15,16). The molecule has 2 rings (SSSR count). The summed E-state index contributed by atoms with van der Waals surface area (Å²) in [5.41, 5.74) is 0. The largest absolute Gasteiger partial charge is 0.366 e. The van der Waals surface area contributed by atoms with Gasteiger partial charge in [-0.1, -0.05) is 13.8 Å². The Morgan fingerprint density at radius 2 is 2.11 bits per heavy atom. The molecular weight excluding hydrogens is 224 g/mol. The van der Waals surface area contributed by atoms with Crippen LogP contribution in [0.3, 0.4) is 0 Å². The quantitative estimate of drug-likeness (QED) is 0.871. The minimum atomic E-state index is 0.592. The van der Waals surface area contributed by atoms with Crippen molar-refractivity contribution in [2.24, 2.45) is 5.92 Å². The van der Waals surface area contributed by atoms with Crippen molar-refractivity contribution in [1.82, 2.24) is 14.7 Å². The van der Waals surface area contributed by atoms with E-state index in [9.17, 15) is 0 Å². The fourth-order valence-corrected chi connectivity index (χ4v) is 2.32. The molecule has 0 bridgehead atoms. The number of nitrogens with one attached hydrogen (secondary N) is 1. The van der Waals surface area contributed by atoms with Gasteiger partial charge in [-0.15, -0.1) is 0 Å². The second-order valence-electron chi connectivity index (χ2n) is 5.87. The molecule has 1 N–H and O–H groups in total. The molecule has 18 heavy (non-hydrogen) atoms. The maximum Gasteiger partial charge on any atom is 0.148 e. The molecule has 4 heteroatoms. The first-order chi connectivity index (χ1) is 8.63. The molecule has 102 valence electrons. The van der Waals surface area contributed by atoms with Gasteiger partial charge in [0, 0.05) is 24.8 Å². The van der Waals surface area contributed by atoms with Crippen LogP contribution >= 0.6 is 0 Å². The summed E-state index contributed by atoms with van der Waals surface area (Å²) in [6.45, 7) is 7.90. The van der Waals surface area contributed by atoms with E-state index in [-0.39, 0.29) is 0 Å². The summed E-state index contributed by atoms with van der Waals surface area (Å²) in [6, 6.07) is 2.69. The van der Waals surface area contributed by atoms with Gasteiger partial charge in [-0.05, 0) is 45.3 Å². The Kier molecular flexibility index (Phi) is 4.64. The van der Waals surface area contributed by atoms with Gasteiger partial charge in [0.2, 0.25) is 0 Å². The summed E-state index contributed by atoms with van der Waals surface area (Å²) in [5.74, 6) is 1.77. The maximum atomic E-state index is 4.59. The zero-order chi connectivity index (χ0) is 13.0. The summed E-state index contributed by atoms with van der Waals surface area (Å²) in [6.07, 6.45) is 5.71. The topological polar surface area (TPSA) is 33.1 Å². The zero-order valence-corrected chi connectivity index (χ0v) is 11.9. The van der Waals surface area contributed by atoms with Crippen LogP contribution in [-0.2, 0) is 6.54 Å². The predicted octanol–water partition coefficient (Wildman–Crippen LogP) is 2.44. The van der Waals surface area contributed by atoms with Crippen molar-refractivity contribution in [3.05, 3.63) is 12.3 Å². The van der Waals surface area contributed by atoms with Crippen molar-refractivity contribution >= 4 is 5.82 Å². The number of aryl methyl sites for hydroxylation is 1. The van der Waals surface area contributed by atoms with E-state index in [4.69, 9.17) is 0 Å². The normalized spacial score (nSPS) is 18.4. The molecule has 0 spiro atoms. The highest BCUT2D eigenvalue weighted by Crippen LogP contribution is 2.14. The fourth-order valence-electron chi connectivity index (χ4n) is 2.32. The Balaban J connectivity index is 1.79. The van der Waals surface area contributed by atoms with Crippen LogP contribution in [0.5, 0.6) is 0 Å². The summed E-state index contributed by atoms with van der Waals surface area (Å²) in [5, 5.41) is 8.14. The second kappa shape index (κ2) is 6.23. The lowest BCUT2D eigenvalue weighted by molar-refractivity contribution is 0.263. The minimum Gasteiger partial charge on any atom is -0.366 e. The first kappa shape index (κ1) is 13.4. The third kappa shape index (κ3) is 4.02. The van der Waals surface area contributed by atoms with Crippen LogP contribution in [0.4, 0.5) is 5.82 Å². The van der Waals surface area contributed by atoms with Gasteiger partial charge >= 0.3 is 0 Å². The molecule has 4 nitrogen and oxygen atoms in total. The lowest BCUT2D eigenvalue weighted by Crippen LogP contribution is -2.36. The molecule has 0 atom stereocenters. The van der Waals surface area contributed by atoms with Crippen LogP contribution in [-0.4, -0.2) is 40.9 Å². The van der Waals surface area contributed by atoms with Crippen molar-refractivity contribution < 1.29 is 0 Å². The van der Waals surface area contributed by atoms with E-state index in [2.05, 4.69) is 53.2 Å². The van der Waals surface area contributed by atoms with Crippen molar-refractivity contribution in [2.75, 3.05) is 25.5 Å². The van der Waals surface area contributed by atoms with E-state index in [0.717, 1.165) is 18.3 Å². The Hall–Kier alpha value is -1.03. The predicted molar refractivity (Wildman–Crippen MR) is 75.8 cm³/mol. The van der Waals surface area contributed by atoms with Gasteiger partial charge in [-0.25, -0.2) is 0 Å². The molecule has 1 aliphatic rings. The number of hydrogen-bond acceptors (Lipinski definition) is 3. The van der Waals surface area contributed by atoms with E-state index >= 15 is 0 Å². The number of aromatic nitrogens is 2. The van der Waals surface area contributed by atoms with Gasteiger partial charge in [0.15, 0.2) is 0 Å². The molecule has 1 aromatic heterocycles. The number of hydrogen-bond donors (Lipinski definition) is 1. The molecule has 1 saturated heterocycles. The van der Waals surface area contributed by atoms with Gasteiger partial charge < -0.3 is 10.2 Å². The van der Waals surface area contributed by atoms with Gasteiger partial charge in [0.25, 0.3) is 0 Å². The number of anilines is 1. The van der Waals surface area contributed by atoms with Gasteiger partial charge in [-0.2, -0.15) is 5.10 Å². The van der Waals surface area contributed by atoms with Crippen LogP contribution in [0.2, 0.25) is 0 Å². The highest BCUT2D eigenvalue weighted by atomic mass is 15.3. The van der Waals surface area contributed by atoms with Crippen LogP contribution in [0.1, 0.15) is 33.1 Å². The van der Waals surface area contributed by atoms with E-state index in [1.54, 1.807) is 0 Å². The Morgan fingerprint density at radius 1 is 1.39 bits per heavy atom. The first-order valence-electron chi connectivity index (χ1n) is 7.12. The Morgan fingerprint density at radius 3 is 2.78 bits per heavy atom. The molecule has 1 aliphatic heterocycles. The Bertz CT molecular complexity index is 350. The molecule has 1 aromatic rings. The summed E-state index contributed by atoms with van der Waals surface area (Å²) in [4.78, 5) is 2.39. The lowest BCUT2D eigenvalue weighted by Gasteiger charge is -2.29. The molecule has 0 radical (unpaired) electrons. The lowest BCUT2D eigenvalue weighted by atomic mass is 10.1. The van der Waals surface area contributed by atoms with Crippen molar-refractivity contribution in [3.8, 4) is 0 Å². The van der Waals surface area contributed by atoms with Gasteiger partial charge in [-0.3, -0.25) is 4.68 Å². The van der Waals surface area contributed by atoms with Crippen molar-refractivity contribution in [2.45, 2.75) is 45.7 Å². The SMILES string of the molecule is CC(C)CCn1ccc(NC2CCN(C)CC2)n1. The average Bonchev–Trinajstić information content (AvgIpc) is 2.77. The molecule has 0 amide bonds. The van der Waals surface area contributed by atoms with Crippen molar-refractivity contribution in [3.63, 3.8) is 0 Å². The number of likely N-dealkylation sites (tertiary alicyclic amines) is 1. The third-order valence-electron chi connectivity index (χ3n) is 3.65. The molecule has 2 heterocycles. The second-order valence-corrected chi connectivity index (χ2v) is 5.87. The zero-order valence-electron chi connectivity index (χ0n) is 11.9. The molecule has 0 aromatic carbocycles. The van der Waals surface area contributed by atoms with Crippen molar-refractivity contribution in [1.29, 1.82) is 0 Å². The summed E-state index contributed by atoms with van der Waals surface area (Å²) in [7, 11) is 2.19. The van der Waals surface area contributed by atoms with Crippen LogP contribution < -0.4 is 5.32 Å². The van der Waals surface area contributed by atoms with Gasteiger partial charge in [0.05, 0.1) is 0 Å². The van der Waals surface area contributed by atoms with Crippen LogP contribution in [0, 0.1) is 5.92 Å². The number of rotatable bonds is 5. The molecule has 0 unspecified atom stereocenters.